The predicted octanol–water partition coefficient (Wildman–Crippen LogP) is 2.30. The van der Waals surface area contributed by atoms with Crippen LogP contribution in [-0.2, 0) is 14.2 Å². The minimum absolute atomic E-state index is 0.0291. The van der Waals surface area contributed by atoms with E-state index in [1.807, 2.05) is 0 Å². The van der Waals surface area contributed by atoms with Crippen LogP contribution in [0.1, 0.15) is 27.9 Å². The molecule has 0 spiro atoms. The molecule has 3 heterocycles. The molecule has 3 aromatic rings. The van der Waals surface area contributed by atoms with Crippen LogP contribution < -0.4 is 11.6 Å². The molecule has 1 unspecified atom stereocenters. The van der Waals surface area contributed by atoms with Gasteiger partial charge in [-0.05, 0) is 36.4 Å². The van der Waals surface area contributed by atoms with E-state index < -0.39 is 11.6 Å². The molecule has 39 heavy (non-hydrogen) atoms. The monoisotopic (exact) mass is 556 g/mol. The fourth-order valence-electron chi connectivity index (χ4n) is 2.45. The Bertz CT molecular complexity index is 1090. The molecular weight excluding hydrogens is 525 g/mol. The van der Waals surface area contributed by atoms with Crippen molar-refractivity contribution in [3.63, 3.8) is 0 Å². The van der Waals surface area contributed by atoms with Gasteiger partial charge in [-0.25, -0.2) is 24.1 Å². The first-order valence-corrected chi connectivity index (χ1v) is 10.8. The molecule has 0 aromatic carbocycles. The summed E-state index contributed by atoms with van der Waals surface area (Å²) in [6.07, 6.45) is 3.20. The maximum Gasteiger partial charge on any atom is 0.206 e. The van der Waals surface area contributed by atoms with Crippen molar-refractivity contribution in [2.45, 2.75) is 6.04 Å². The van der Waals surface area contributed by atoms with Crippen LogP contribution in [0.5, 0.6) is 0 Å². The molecule has 0 aliphatic rings. The van der Waals surface area contributed by atoms with Crippen molar-refractivity contribution in [2.75, 3.05) is 41.2 Å². The lowest BCUT2D eigenvalue weighted by Gasteiger charge is -2.08. The Morgan fingerprint density at radius 2 is 1.31 bits per heavy atom. The lowest BCUT2D eigenvalue weighted by Crippen LogP contribution is -2.17. The number of nitrogens with two attached hydrogens (primary N) is 2. The fourth-order valence-corrected chi connectivity index (χ4v) is 2.45. The molecule has 0 aliphatic carbocycles. The third-order valence-corrected chi connectivity index (χ3v) is 4.19. The van der Waals surface area contributed by atoms with E-state index in [0.717, 1.165) is 18.6 Å². The lowest BCUT2D eigenvalue weighted by molar-refractivity contribution is 0.0843. The molecule has 3 rings (SSSR count). The van der Waals surface area contributed by atoms with Gasteiger partial charge in [0.05, 0.1) is 49.2 Å². The van der Waals surface area contributed by atoms with Gasteiger partial charge in [0.1, 0.15) is 35.5 Å². The maximum absolute atomic E-state index is 12.4. The fraction of sp³-hybridized carbons (Fsp3) is 0.292. The minimum atomic E-state index is -0.455. The second-order valence-corrected chi connectivity index (χ2v) is 7.02. The molecular formula is C24H31F3N6O6. The minimum Gasteiger partial charge on any atom is -0.411 e. The Hall–Kier alpha value is -3.86. The van der Waals surface area contributed by atoms with Crippen LogP contribution in [0.4, 0.5) is 13.2 Å². The zero-order valence-electron chi connectivity index (χ0n) is 21.5. The highest BCUT2D eigenvalue weighted by Gasteiger charge is 2.07. The molecule has 0 fully saturated rings. The van der Waals surface area contributed by atoms with Crippen molar-refractivity contribution < 1.29 is 42.6 Å². The number of pyridine rings is 3. The Kier molecular flexibility index (Phi) is 19.0. The first-order valence-electron chi connectivity index (χ1n) is 10.8. The Balaban J connectivity index is 0.000000538. The molecule has 12 nitrogen and oxygen atoms in total. The van der Waals surface area contributed by atoms with E-state index in [2.05, 4.69) is 30.7 Å². The molecule has 15 heteroatoms. The predicted molar refractivity (Wildman–Crippen MR) is 134 cm³/mol. The largest absolute Gasteiger partial charge is 0.411 e. The summed E-state index contributed by atoms with van der Waals surface area (Å²) < 4.78 is 51.4. The number of ketones is 1. The van der Waals surface area contributed by atoms with Gasteiger partial charge < -0.3 is 30.4 Å². The normalized spacial score (nSPS) is 11.1. The summed E-state index contributed by atoms with van der Waals surface area (Å²) in [5.41, 5.74) is 7.16. The van der Waals surface area contributed by atoms with Crippen molar-refractivity contribution in [3.05, 3.63) is 89.5 Å². The zero-order valence-corrected chi connectivity index (χ0v) is 21.5. The molecule has 0 amide bonds. The van der Waals surface area contributed by atoms with Crippen LogP contribution in [0.15, 0.2) is 60.1 Å². The number of aromatic nitrogens is 3. The summed E-state index contributed by atoms with van der Waals surface area (Å²) in [6.45, 7) is 0.492. The second kappa shape index (κ2) is 21.1. The molecule has 0 aliphatic heterocycles. The average Bonchev–Trinajstić information content (AvgIpc) is 2.95. The van der Waals surface area contributed by atoms with Gasteiger partial charge in [0.2, 0.25) is 5.78 Å². The number of methoxy groups -OCH3 is 3. The highest BCUT2D eigenvalue weighted by Crippen LogP contribution is 2.07. The molecule has 1 atom stereocenters. The molecule has 214 valence electrons. The van der Waals surface area contributed by atoms with Crippen molar-refractivity contribution >= 4 is 11.5 Å². The zero-order chi connectivity index (χ0) is 29.6. The number of halogens is 3. The summed E-state index contributed by atoms with van der Waals surface area (Å²) in [4.78, 5) is 22.2. The quantitative estimate of drug-likeness (QED) is 0.131. The molecule has 0 radical (unpaired) electrons. The standard InChI is InChI=1S/C8H9FN2O2.C8H11FN2O.C8H8FNO2.H3NO/c1-13-5-8(11-12)7-3-2-6(9)4-10-7;1-12-5-7(10)8-3-2-6(9)4-11-8;1-12-5-8(11)7-3-2-6(9)4-10-7;1-2/h2-4,12H,5H2,1H3;2-4,7H,5,10H2,1H3;2-4H,5H2,1H3;2H,1H2. The number of nitrogens with zero attached hydrogens (tertiary/aromatic N) is 4. The summed E-state index contributed by atoms with van der Waals surface area (Å²) in [5, 5.41) is 18.0. The van der Waals surface area contributed by atoms with Crippen LogP contribution >= 0.6 is 0 Å². The van der Waals surface area contributed by atoms with Gasteiger partial charge in [-0.3, -0.25) is 14.8 Å². The van der Waals surface area contributed by atoms with Gasteiger partial charge in [-0.1, -0.05) is 5.16 Å². The van der Waals surface area contributed by atoms with Crippen molar-refractivity contribution in [1.82, 2.24) is 15.0 Å². The summed E-state index contributed by atoms with van der Waals surface area (Å²) in [6, 6.07) is 7.78. The van der Waals surface area contributed by atoms with Crippen LogP contribution in [0, 0.1) is 17.5 Å². The number of carbonyl (C=O) groups excluding carboxylic acids is 1. The van der Waals surface area contributed by atoms with E-state index in [9.17, 15) is 18.0 Å². The molecule has 0 bridgehead atoms. The van der Waals surface area contributed by atoms with E-state index in [0.29, 0.717) is 18.0 Å². The number of ether oxygens (including phenoxy) is 3. The number of hydrogen-bond acceptors (Lipinski definition) is 12. The lowest BCUT2D eigenvalue weighted by atomic mass is 10.2. The third kappa shape index (κ3) is 14.6. The highest BCUT2D eigenvalue weighted by atomic mass is 19.1. The third-order valence-electron chi connectivity index (χ3n) is 4.19. The number of oxime groups is 1. The first kappa shape index (κ1) is 35.1. The Morgan fingerprint density at radius 1 is 0.821 bits per heavy atom. The highest BCUT2D eigenvalue weighted by molar-refractivity contribution is 5.99. The summed E-state index contributed by atoms with van der Waals surface area (Å²) >= 11 is 0. The van der Waals surface area contributed by atoms with E-state index in [-0.39, 0.29) is 42.3 Å². The molecule has 0 saturated heterocycles. The average molecular weight is 557 g/mol. The van der Waals surface area contributed by atoms with Crippen LogP contribution in [-0.4, -0.2) is 78.0 Å². The van der Waals surface area contributed by atoms with E-state index in [1.54, 1.807) is 13.2 Å². The Labute approximate surface area is 223 Å². The number of rotatable bonds is 9. The molecule has 3 aromatic heterocycles. The number of carbonyl (C=O) groups is 1. The van der Waals surface area contributed by atoms with Crippen molar-refractivity contribution in [2.24, 2.45) is 16.8 Å². The SMILES string of the molecule is COCC(=NO)c1ccc(F)cn1.COCC(=O)c1ccc(F)cn1.COCC(N)c1ccc(F)cn1.NO. The van der Waals surface area contributed by atoms with Gasteiger partial charge in [0, 0.05) is 21.3 Å². The van der Waals surface area contributed by atoms with Gasteiger partial charge >= 0.3 is 0 Å². The van der Waals surface area contributed by atoms with Crippen LogP contribution in [0.2, 0.25) is 0 Å². The smallest absolute Gasteiger partial charge is 0.206 e. The van der Waals surface area contributed by atoms with Gasteiger partial charge in [-0.15, -0.1) is 0 Å². The van der Waals surface area contributed by atoms with Gasteiger partial charge in [-0.2, -0.15) is 0 Å². The van der Waals surface area contributed by atoms with Crippen LogP contribution in [0.25, 0.3) is 0 Å². The first-order chi connectivity index (χ1) is 18.7. The van der Waals surface area contributed by atoms with E-state index in [1.165, 1.54) is 44.6 Å². The molecule has 6 N–H and O–H groups in total. The number of Topliss-reactive ketones (excluding diaryl/α,β-unsaturated/α-hetero) is 1. The van der Waals surface area contributed by atoms with Gasteiger partial charge in [0.15, 0.2) is 0 Å². The Morgan fingerprint density at radius 3 is 1.69 bits per heavy atom. The van der Waals surface area contributed by atoms with Gasteiger partial charge in [0.25, 0.3) is 0 Å². The number of hydrogen-bond donors (Lipinski definition) is 4. The van der Waals surface area contributed by atoms with Crippen molar-refractivity contribution in [3.8, 4) is 0 Å². The molecule has 0 saturated carbocycles. The van der Waals surface area contributed by atoms with E-state index >= 15 is 0 Å². The summed E-state index contributed by atoms with van der Waals surface area (Å²) in [5.74, 6) is 2.00. The summed E-state index contributed by atoms with van der Waals surface area (Å²) in [7, 11) is 4.44. The maximum atomic E-state index is 12.4. The van der Waals surface area contributed by atoms with E-state index in [4.69, 9.17) is 25.6 Å². The van der Waals surface area contributed by atoms with Crippen molar-refractivity contribution in [1.29, 1.82) is 0 Å². The topological polar surface area (TPSA) is 188 Å². The van der Waals surface area contributed by atoms with Crippen LogP contribution in [0.3, 0.4) is 0 Å². The second-order valence-electron chi connectivity index (χ2n) is 7.02.